The summed E-state index contributed by atoms with van der Waals surface area (Å²) in [5.74, 6) is 1.34. The van der Waals surface area contributed by atoms with E-state index in [0.29, 0.717) is 34.6 Å². The summed E-state index contributed by atoms with van der Waals surface area (Å²) in [7, 11) is 3.12. The molecule has 2 bridgehead atoms. The predicted molar refractivity (Wildman–Crippen MR) is 124 cm³/mol. The first-order chi connectivity index (χ1) is 16.5. The van der Waals surface area contributed by atoms with E-state index in [-0.39, 0.29) is 48.1 Å². The van der Waals surface area contributed by atoms with Crippen LogP contribution >= 0.6 is 0 Å². The summed E-state index contributed by atoms with van der Waals surface area (Å²) in [4.78, 5) is 43.5. The summed E-state index contributed by atoms with van der Waals surface area (Å²) in [5.41, 5.74) is 0.989. The number of ether oxygens (including phenoxy) is 2. The quantitative estimate of drug-likeness (QED) is 0.490. The Kier molecular flexibility index (Phi) is 4.76. The smallest absolute Gasteiger partial charge is 0.259 e. The van der Waals surface area contributed by atoms with Crippen molar-refractivity contribution in [3.63, 3.8) is 0 Å². The van der Waals surface area contributed by atoms with Gasteiger partial charge in [-0.1, -0.05) is 18.2 Å². The van der Waals surface area contributed by atoms with Crippen molar-refractivity contribution in [2.24, 2.45) is 35.5 Å². The van der Waals surface area contributed by atoms with Crippen LogP contribution in [0.2, 0.25) is 0 Å². The monoisotopic (exact) mass is 458 g/mol. The normalized spacial score (nSPS) is 30.1. The fourth-order valence-electron chi connectivity index (χ4n) is 6.24. The molecule has 2 saturated carbocycles. The number of hydrogen-bond acceptors (Lipinski definition) is 5. The predicted octanol–water partition coefficient (Wildman–Crippen LogP) is 3.36. The number of carbonyl (C=O) groups is 3. The number of allylic oxidation sites excluding steroid dienone is 2. The molecular formula is C27H26N2O5. The second kappa shape index (κ2) is 7.72. The highest BCUT2D eigenvalue weighted by Gasteiger charge is 2.67. The van der Waals surface area contributed by atoms with Gasteiger partial charge in [0.05, 0.1) is 26.1 Å². The molecule has 0 unspecified atom stereocenters. The Balaban J connectivity index is 1.34. The second-order valence-electron chi connectivity index (χ2n) is 9.56. The highest BCUT2D eigenvalue weighted by molar-refractivity contribution is 6.10. The van der Waals surface area contributed by atoms with Crippen LogP contribution in [0.3, 0.4) is 0 Å². The molecule has 3 amide bonds. The Hall–Kier alpha value is -3.61. The van der Waals surface area contributed by atoms with Gasteiger partial charge in [0.25, 0.3) is 5.91 Å². The number of likely N-dealkylation sites (tertiary alicyclic amines) is 1. The maximum Gasteiger partial charge on any atom is 0.259 e. The lowest BCUT2D eigenvalue weighted by Gasteiger charge is -2.37. The molecule has 5 aliphatic rings. The number of nitrogens with zero attached hydrogens (tertiary/aromatic N) is 2. The van der Waals surface area contributed by atoms with Crippen LogP contribution in [0.5, 0.6) is 11.5 Å². The van der Waals surface area contributed by atoms with Crippen molar-refractivity contribution in [3.05, 3.63) is 66.2 Å². The zero-order valence-electron chi connectivity index (χ0n) is 19.1. The summed E-state index contributed by atoms with van der Waals surface area (Å²) in [6, 6.07) is 13.9. The van der Waals surface area contributed by atoms with Gasteiger partial charge in [-0.3, -0.25) is 24.2 Å². The molecule has 4 aliphatic carbocycles. The highest BCUT2D eigenvalue weighted by Crippen LogP contribution is 2.65. The molecule has 34 heavy (non-hydrogen) atoms. The van der Waals surface area contributed by atoms with Gasteiger partial charge in [0, 0.05) is 11.3 Å². The van der Waals surface area contributed by atoms with Crippen LogP contribution in [0.15, 0.2) is 60.7 Å². The van der Waals surface area contributed by atoms with E-state index in [4.69, 9.17) is 9.47 Å². The number of methoxy groups -OCH3 is 2. The van der Waals surface area contributed by atoms with Gasteiger partial charge in [-0.05, 0) is 72.6 Å². The number of rotatable bonds is 6. The van der Waals surface area contributed by atoms with E-state index in [1.165, 1.54) is 9.80 Å². The molecule has 0 spiro atoms. The van der Waals surface area contributed by atoms with Crippen LogP contribution in [0.1, 0.15) is 16.8 Å². The third-order valence-electron chi connectivity index (χ3n) is 7.98. The third-order valence-corrected chi connectivity index (χ3v) is 7.98. The van der Waals surface area contributed by atoms with Crippen LogP contribution in [-0.4, -0.2) is 43.5 Å². The lowest BCUT2D eigenvalue weighted by atomic mass is 9.63. The van der Waals surface area contributed by atoms with Crippen molar-refractivity contribution in [1.29, 1.82) is 0 Å². The van der Waals surface area contributed by atoms with Crippen LogP contribution in [0, 0.1) is 35.5 Å². The van der Waals surface area contributed by atoms with E-state index >= 15 is 0 Å². The van der Waals surface area contributed by atoms with E-state index in [2.05, 4.69) is 12.2 Å². The molecule has 2 aromatic rings. The number of anilines is 1. The van der Waals surface area contributed by atoms with Crippen molar-refractivity contribution < 1.29 is 23.9 Å². The highest BCUT2D eigenvalue weighted by atomic mass is 16.5. The largest absolute Gasteiger partial charge is 0.497 e. The van der Waals surface area contributed by atoms with Crippen LogP contribution in [0.25, 0.3) is 0 Å². The molecule has 6 atom stereocenters. The summed E-state index contributed by atoms with van der Waals surface area (Å²) >= 11 is 0. The fourth-order valence-corrected chi connectivity index (χ4v) is 6.24. The SMILES string of the molecule is COc1ccc(N(CN2C(=O)[C@@H]3[C@H]4C=C[C@H]([C@H]5C[C@H]45)[C@@H]3C2=O)C(=O)c2cccc(OC)c2)cc1. The first kappa shape index (κ1) is 21.0. The molecule has 7 nitrogen and oxygen atoms in total. The number of benzene rings is 2. The minimum atomic E-state index is -0.316. The molecule has 0 radical (unpaired) electrons. The second-order valence-corrected chi connectivity index (χ2v) is 9.56. The van der Waals surface area contributed by atoms with Crippen LogP contribution in [0.4, 0.5) is 5.69 Å². The Bertz CT molecular complexity index is 1170. The van der Waals surface area contributed by atoms with E-state index in [9.17, 15) is 14.4 Å². The van der Waals surface area contributed by atoms with Gasteiger partial charge in [-0.25, -0.2) is 0 Å². The Labute approximate surface area is 197 Å². The van der Waals surface area contributed by atoms with Crippen molar-refractivity contribution in [3.8, 4) is 11.5 Å². The first-order valence-electron chi connectivity index (χ1n) is 11.7. The van der Waals surface area contributed by atoms with E-state index in [1.807, 2.05) is 0 Å². The van der Waals surface area contributed by atoms with Crippen molar-refractivity contribution in [1.82, 2.24) is 4.90 Å². The maximum absolute atomic E-state index is 13.7. The molecule has 1 saturated heterocycles. The first-order valence-corrected chi connectivity index (χ1v) is 11.7. The molecule has 174 valence electrons. The Morgan fingerprint density at radius 2 is 1.53 bits per heavy atom. The summed E-state index contributed by atoms with van der Waals surface area (Å²) in [6.45, 7) is -0.123. The maximum atomic E-state index is 13.7. The topological polar surface area (TPSA) is 76.2 Å². The summed E-state index contributed by atoms with van der Waals surface area (Å²) in [6.07, 6.45) is 5.41. The third kappa shape index (κ3) is 3.06. The minimum Gasteiger partial charge on any atom is -0.497 e. The lowest BCUT2D eigenvalue weighted by molar-refractivity contribution is -0.140. The van der Waals surface area contributed by atoms with E-state index < -0.39 is 0 Å². The van der Waals surface area contributed by atoms with Gasteiger partial charge in [-0.2, -0.15) is 0 Å². The van der Waals surface area contributed by atoms with Gasteiger partial charge in [0.2, 0.25) is 11.8 Å². The number of hydrogen-bond donors (Lipinski definition) is 0. The van der Waals surface area contributed by atoms with Crippen molar-refractivity contribution in [2.45, 2.75) is 6.42 Å². The lowest BCUT2D eigenvalue weighted by Crippen LogP contribution is -2.45. The van der Waals surface area contributed by atoms with Crippen molar-refractivity contribution >= 4 is 23.4 Å². The number of imide groups is 1. The van der Waals surface area contributed by atoms with Gasteiger partial charge >= 0.3 is 0 Å². The van der Waals surface area contributed by atoms with Crippen molar-refractivity contribution in [2.75, 3.05) is 25.8 Å². The van der Waals surface area contributed by atoms with Gasteiger partial charge in [0.15, 0.2) is 0 Å². The zero-order chi connectivity index (χ0) is 23.6. The van der Waals surface area contributed by atoms with Crippen LogP contribution in [-0.2, 0) is 9.59 Å². The summed E-state index contributed by atoms with van der Waals surface area (Å²) in [5, 5.41) is 0. The molecule has 2 aromatic carbocycles. The van der Waals surface area contributed by atoms with Crippen LogP contribution < -0.4 is 14.4 Å². The molecule has 0 aromatic heterocycles. The average molecular weight is 459 g/mol. The standard InChI is InChI=1S/C27H26N2O5/c1-33-17-8-6-16(7-9-17)28(25(30)15-4-3-5-18(12-15)34-2)14-29-26(31)23-19-10-11-20(22-13-21(19)22)24(23)27(29)32/h3-12,19-24H,13-14H2,1-2H3/t19-,20+,21-,22-,23+,24-/m1/s1. The Morgan fingerprint density at radius 1 is 0.912 bits per heavy atom. The molecule has 7 heteroatoms. The summed E-state index contributed by atoms with van der Waals surface area (Å²) < 4.78 is 10.5. The van der Waals surface area contributed by atoms with Gasteiger partial charge in [-0.15, -0.1) is 0 Å². The van der Waals surface area contributed by atoms with Gasteiger partial charge < -0.3 is 9.47 Å². The van der Waals surface area contributed by atoms with E-state index in [1.54, 1.807) is 62.8 Å². The van der Waals surface area contributed by atoms with Gasteiger partial charge in [0.1, 0.15) is 18.2 Å². The molecular weight excluding hydrogens is 432 g/mol. The molecule has 1 aliphatic heterocycles. The van der Waals surface area contributed by atoms with E-state index in [0.717, 1.165) is 6.42 Å². The fraction of sp³-hybridized carbons (Fsp3) is 0.370. The molecule has 3 fully saturated rings. The molecule has 1 heterocycles. The number of carbonyl (C=O) groups excluding carboxylic acids is 3. The molecule has 0 N–H and O–H groups in total. The molecule has 7 rings (SSSR count). The minimum absolute atomic E-state index is 0.123. The average Bonchev–Trinajstić information content (AvgIpc) is 3.67. The number of amides is 3. The Morgan fingerprint density at radius 3 is 2.12 bits per heavy atom. The zero-order valence-corrected chi connectivity index (χ0v) is 19.1.